The van der Waals surface area contributed by atoms with E-state index in [2.05, 4.69) is 55.1 Å². The van der Waals surface area contributed by atoms with Gasteiger partial charge in [0.05, 0.1) is 13.1 Å². The second kappa shape index (κ2) is 9.35. The van der Waals surface area contributed by atoms with Crippen molar-refractivity contribution in [2.24, 2.45) is 0 Å². The summed E-state index contributed by atoms with van der Waals surface area (Å²) >= 11 is 0. The van der Waals surface area contributed by atoms with Gasteiger partial charge in [0.1, 0.15) is 29.9 Å². The SMILES string of the molecule is CC(C)(C)c1ccc(C=Cc2ccn(CC(O)(Cn3cncn3)c3ccc(F)cc3F)c2)cc1. The zero-order valence-corrected chi connectivity index (χ0v) is 19.5. The first-order valence-corrected chi connectivity index (χ1v) is 11.1. The first-order chi connectivity index (χ1) is 16.1. The van der Waals surface area contributed by atoms with Gasteiger partial charge in [0.25, 0.3) is 0 Å². The summed E-state index contributed by atoms with van der Waals surface area (Å²) in [6, 6.07) is 13.5. The third-order valence-corrected chi connectivity index (χ3v) is 5.79. The van der Waals surface area contributed by atoms with E-state index in [1.54, 1.807) is 4.57 Å². The minimum absolute atomic E-state index is 0.00544. The summed E-state index contributed by atoms with van der Waals surface area (Å²) in [4.78, 5) is 3.89. The van der Waals surface area contributed by atoms with Gasteiger partial charge in [-0.2, -0.15) is 5.10 Å². The highest BCUT2D eigenvalue weighted by atomic mass is 19.1. The Morgan fingerprint density at radius 3 is 2.32 bits per heavy atom. The smallest absolute Gasteiger partial charge is 0.137 e. The summed E-state index contributed by atoms with van der Waals surface area (Å²) in [7, 11) is 0. The molecule has 0 aliphatic rings. The van der Waals surface area contributed by atoms with Gasteiger partial charge in [-0.15, -0.1) is 0 Å². The number of halogens is 2. The van der Waals surface area contributed by atoms with Crippen molar-refractivity contribution in [3.05, 3.63) is 107 Å². The Morgan fingerprint density at radius 2 is 1.68 bits per heavy atom. The Bertz CT molecular complexity index is 1270. The summed E-state index contributed by atoms with van der Waals surface area (Å²) in [5.41, 5.74) is 1.71. The van der Waals surface area contributed by atoms with Crippen LogP contribution >= 0.6 is 0 Å². The third-order valence-electron chi connectivity index (χ3n) is 5.79. The van der Waals surface area contributed by atoms with Crippen LogP contribution in [0.2, 0.25) is 0 Å². The van der Waals surface area contributed by atoms with Crippen molar-refractivity contribution < 1.29 is 13.9 Å². The number of rotatable bonds is 7. The van der Waals surface area contributed by atoms with Crippen molar-refractivity contribution in [3.63, 3.8) is 0 Å². The molecule has 0 radical (unpaired) electrons. The highest BCUT2D eigenvalue weighted by Gasteiger charge is 2.34. The molecule has 0 aliphatic heterocycles. The number of benzene rings is 2. The molecule has 7 heteroatoms. The molecule has 1 unspecified atom stereocenters. The quantitative estimate of drug-likeness (QED) is 0.399. The Morgan fingerprint density at radius 1 is 0.941 bits per heavy atom. The molecule has 4 rings (SSSR count). The lowest BCUT2D eigenvalue weighted by atomic mass is 9.87. The number of aromatic nitrogens is 4. The van der Waals surface area contributed by atoms with Gasteiger partial charge >= 0.3 is 0 Å². The van der Waals surface area contributed by atoms with Crippen LogP contribution in [0.4, 0.5) is 8.78 Å². The van der Waals surface area contributed by atoms with Crippen LogP contribution in [0.1, 0.15) is 43.0 Å². The lowest BCUT2D eigenvalue weighted by Gasteiger charge is -2.29. The fourth-order valence-corrected chi connectivity index (χ4v) is 3.91. The fraction of sp³-hybridized carbons (Fsp3) is 0.259. The standard InChI is InChI=1S/C27H28F2N4O/c1-26(2,3)22-8-6-20(7-9-22)4-5-21-12-13-32(15-21)16-27(34,17-33-19-30-18-31-33)24-11-10-23(28)14-25(24)29/h4-15,18-19,34H,16-17H2,1-3H3. The summed E-state index contributed by atoms with van der Waals surface area (Å²) in [6.45, 7) is 6.55. The van der Waals surface area contributed by atoms with Gasteiger partial charge < -0.3 is 9.67 Å². The molecule has 5 nitrogen and oxygen atoms in total. The largest absolute Gasteiger partial charge is 0.381 e. The average Bonchev–Trinajstić information content (AvgIpc) is 3.43. The Balaban J connectivity index is 1.55. The van der Waals surface area contributed by atoms with Crippen LogP contribution in [0.5, 0.6) is 0 Å². The molecule has 4 aromatic rings. The second-order valence-corrected chi connectivity index (χ2v) is 9.57. The van der Waals surface area contributed by atoms with E-state index in [9.17, 15) is 13.9 Å². The maximum atomic E-state index is 14.6. The number of hydrogen-bond donors (Lipinski definition) is 1. The van der Waals surface area contributed by atoms with Crippen molar-refractivity contribution in [2.45, 2.75) is 44.9 Å². The molecule has 2 aromatic heterocycles. The predicted molar refractivity (Wildman–Crippen MR) is 129 cm³/mol. The predicted octanol–water partition coefficient (Wildman–Crippen LogP) is 5.41. The second-order valence-electron chi connectivity index (χ2n) is 9.57. The summed E-state index contributed by atoms with van der Waals surface area (Å²) in [5.74, 6) is -1.51. The topological polar surface area (TPSA) is 55.9 Å². The lowest BCUT2D eigenvalue weighted by Crippen LogP contribution is -2.37. The molecule has 0 amide bonds. The number of aliphatic hydroxyl groups is 1. The van der Waals surface area contributed by atoms with Crippen LogP contribution in [0.25, 0.3) is 12.2 Å². The molecule has 0 saturated carbocycles. The fourth-order valence-electron chi connectivity index (χ4n) is 3.91. The molecular formula is C27H28F2N4O. The van der Waals surface area contributed by atoms with Crippen LogP contribution in [0.15, 0.2) is 73.6 Å². The van der Waals surface area contributed by atoms with Crippen LogP contribution < -0.4 is 0 Å². The molecule has 0 saturated heterocycles. The molecule has 0 aliphatic carbocycles. The lowest BCUT2D eigenvalue weighted by molar-refractivity contribution is -0.00534. The van der Waals surface area contributed by atoms with Crippen molar-refractivity contribution in [2.75, 3.05) is 0 Å². The Labute approximate surface area is 198 Å². The molecule has 1 N–H and O–H groups in total. The average molecular weight is 463 g/mol. The molecule has 34 heavy (non-hydrogen) atoms. The highest BCUT2D eigenvalue weighted by molar-refractivity contribution is 5.69. The van der Waals surface area contributed by atoms with Crippen molar-refractivity contribution in [1.82, 2.24) is 19.3 Å². The van der Waals surface area contributed by atoms with Crippen LogP contribution in [0, 0.1) is 11.6 Å². The van der Waals surface area contributed by atoms with E-state index >= 15 is 0 Å². The van der Waals surface area contributed by atoms with Gasteiger partial charge in [-0.1, -0.05) is 63.3 Å². The molecule has 0 spiro atoms. The Kier molecular flexibility index (Phi) is 6.48. The molecule has 0 fully saturated rings. The zero-order chi connectivity index (χ0) is 24.3. The van der Waals surface area contributed by atoms with Gasteiger partial charge in [-0.05, 0) is 34.2 Å². The van der Waals surface area contributed by atoms with E-state index in [0.29, 0.717) is 0 Å². The summed E-state index contributed by atoms with van der Waals surface area (Å²) < 4.78 is 31.3. The van der Waals surface area contributed by atoms with Crippen LogP contribution in [-0.4, -0.2) is 24.4 Å². The van der Waals surface area contributed by atoms with Crippen LogP contribution in [-0.2, 0) is 24.1 Å². The highest BCUT2D eigenvalue weighted by Crippen LogP contribution is 2.29. The van der Waals surface area contributed by atoms with E-state index in [0.717, 1.165) is 23.3 Å². The van der Waals surface area contributed by atoms with E-state index in [1.165, 1.54) is 29.0 Å². The zero-order valence-electron chi connectivity index (χ0n) is 19.5. The molecule has 176 valence electrons. The normalized spacial score (nSPS) is 13.9. The molecule has 1 atom stereocenters. The molecular weight excluding hydrogens is 434 g/mol. The minimum Gasteiger partial charge on any atom is -0.381 e. The summed E-state index contributed by atoms with van der Waals surface area (Å²) in [6.07, 6.45) is 10.5. The van der Waals surface area contributed by atoms with Gasteiger partial charge in [-0.25, -0.2) is 18.4 Å². The number of hydrogen-bond acceptors (Lipinski definition) is 3. The minimum atomic E-state index is -1.67. The molecule has 0 bridgehead atoms. The van der Waals surface area contributed by atoms with E-state index in [1.807, 2.05) is 30.6 Å². The number of nitrogens with zero attached hydrogens (tertiary/aromatic N) is 4. The van der Waals surface area contributed by atoms with E-state index < -0.39 is 17.2 Å². The van der Waals surface area contributed by atoms with Crippen molar-refractivity contribution in [3.8, 4) is 0 Å². The van der Waals surface area contributed by atoms with Crippen molar-refractivity contribution in [1.29, 1.82) is 0 Å². The molecule has 2 aromatic carbocycles. The van der Waals surface area contributed by atoms with Crippen LogP contribution in [0.3, 0.4) is 0 Å². The first kappa shape index (κ1) is 23.6. The van der Waals surface area contributed by atoms with Gasteiger partial charge in [-0.3, -0.25) is 0 Å². The monoisotopic (exact) mass is 462 g/mol. The molecule has 2 heterocycles. The maximum absolute atomic E-state index is 14.6. The van der Waals surface area contributed by atoms with Gasteiger partial charge in [0.15, 0.2) is 0 Å². The maximum Gasteiger partial charge on any atom is 0.137 e. The van der Waals surface area contributed by atoms with E-state index in [-0.39, 0.29) is 24.1 Å². The summed E-state index contributed by atoms with van der Waals surface area (Å²) in [5, 5.41) is 15.5. The van der Waals surface area contributed by atoms with E-state index in [4.69, 9.17) is 0 Å². The third kappa shape index (κ3) is 5.48. The first-order valence-electron chi connectivity index (χ1n) is 11.1. The van der Waals surface area contributed by atoms with Crippen molar-refractivity contribution >= 4 is 12.2 Å². The van der Waals surface area contributed by atoms with Gasteiger partial charge in [0.2, 0.25) is 0 Å². The van der Waals surface area contributed by atoms with Gasteiger partial charge in [0, 0.05) is 24.0 Å². The Hall–Kier alpha value is -3.58.